The third kappa shape index (κ3) is 9.71. The van der Waals surface area contributed by atoms with Gasteiger partial charge in [-0.3, -0.25) is 4.21 Å². The van der Waals surface area contributed by atoms with E-state index >= 15 is 0 Å². The fraction of sp³-hybridized carbons (Fsp3) is 0.280. The van der Waals surface area contributed by atoms with Gasteiger partial charge in [-0.2, -0.15) is 0 Å². The molecule has 6 rings (SSSR count). The number of rotatable bonds is 17. The normalized spacial score (nSPS) is 12.5. The summed E-state index contributed by atoms with van der Waals surface area (Å²) in [6.45, 7) is 17.6. The molecule has 320 valence electrons. The Kier molecular flexibility index (Phi) is 13.8. The van der Waals surface area contributed by atoms with E-state index in [9.17, 15) is 22.3 Å². The van der Waals surface area contributed by atoms with Crippen LogP contribution in [0.2, 0.25) is 0 Å². The zero-order chi connectivity index (χ0) is 44.1. The fourth-order valence-corrected chi connectivity index (χ4v) is 9.27. The van der Waals surface area contributed by atoms with Gasteiger partial charge in [-0.25, -0.2) is 8.42 Å². The zero-order valence-electron chi connectivity index (χ0n) is 36.1. The summed E-state index contributed by atoms with van der Waals surface area (Å²) in [5, 5.41) is 13.1. The van der Waals surface area contributed by atoms with Gasteiger partial charge in [-0.05, 0) is 152 Å². The molecule has 11 heteroatoms. The first kappa shape index (κ1) is 45.1. The van der Waals surface area contributed by atoms with Gasteiger partial charge in [0.25, 0.3) is 0 Å². The van der Waals surface area contributed by atoms with Crippen LogP contribution in [-0.2, 0) is 31.9 Å². The van der Waals surface area contributed by atoms with Crippen molar-refractivity contribution in [3.05, 3.63) is 167 Å². The molecule has 61 heavy (non-hydrogen) atoms. The molecule has 0 aliphatic rings. The predicted molar refractivity (Wildman–Crippen MR) is 245 cm³/mol. The van der Waals surface area contributed by atoms with Crippen LogP contribution >= 0.6 is 0 Å². The molecular formula is C50H55N2O7S2-. The summed E-state index contributed by atoms with van der Waals surface area (Å²) in [6, 6.07) is 40.5. The first-order valence-electron chi connectivity index (χ1n) is 20.6. The summed E-state index contributed by atoms with van der Waals surface area (Å²) < 4.78 is 62.6. The first-order chi connectivity index (χ1) is 29.0. The standard InChI is InChI=1S/C50H56N2O7S2/c1-9-51(10-2)40-22-14-38(15-23-40)50(53,39-16-24-41(25-17-39)52(11-3)12-4)46-33-44(31-32-48(46)61(8,56)57)58-42-27-18-36(19-28-42)49(6,7)37-20-29-43(30-21-37)59-45-26-13-35(5)47(34-45)60(54)55/h13-34,53H,9-12H2,1-8H3,(H,54,55)/p-1. The Morgan fingerprint density at radius 3 is 1.36 bits per heavy atom. The van der Waals surface area contributed by atoms with E-state index < -0.39 is 31.9 Å². The Morgan fingerprint density at radius 2 is 0.967 bits per heavy atom. The lowest BCUT2D eigenvalue weighted by Gasteiger charge is -2.33. The number of benzene rings is 6. The van der Waals surface area contributed by atoms with Gasteiger partial charge in [0.05, 0.1) is 4.90 Å². The topological polar surface area (TPSA) is 119 Å². The van der Waals surface area contributed by atoms with Crippen molar-refractivity contribution in [3.8, 4) is 23.0 Å². The summed E-state index contributed by atoms with van der Waals surface area (Å²) in [6.07, 6.45) is 1.15. The quantitative estimate of drug-likeness (QED) is 0.0706. The van der Waals surface area contributed by atoms with Crippen molar-refractivity contribution < 1.29 is 31.8 Å². The molecule has 6 aromatic carbocycles. The average Bonchev–Trinajstić information content (AvgIpc) is 3.25. The highest BCUT2D eigenvalue weighted by Crippen LogP contribution is 2.43. The molecule has 0 aromatic heterocycles. The highest BCUT2D eigenvalue weighted by atomic mass is 32.2. The lowest BCUT2D eigenvalue weighted by atomic mass is 9.78. The van der Waals surface area contributed by atoms with Gasteiger partial charge in [0.15, 0.2) is 9.84 Å². The highest BCUT2D eigenvalue weighted by molar-refractivity contribution is 7.90. The minimum atomic E-state index is -3.82. The molecule has 1 unspecified atom stereocenters. The van der Waals surface area contributed by atoms with Gasteiger partial charge in [0.1, 0.15) is 28.6 Å². The van der Waals surface area contributed by atoms with Gasteiger partial charge < -0.3 is 28.9 Å². The number of sulfone groups is 1. The summed E-state index contributed by atoms with van der Waals surface area (Å²) in [7, 11) is -3.82. The van der Waals surface area contributed by atoms with E-state index in [1.807, 2.05) is 97.1 Å². The van der Waals surface area contributed by atoms with Crippen molar-refractivity contribution >= 4 is 32.3 Å². The zero-order valence-corrected chi connectivity index (χ0v) is 37.8. The second-order valence-corrected chi connectivity index (χ2v) is 18.5. The third-order valence-electron chi connectivity index (χ3n) is 11.5. The lowest BCUT2D eigenvalue weighted by molar-refractivity contribution is 0.122. The van der Waals surface area contributed by atoms with Crippen LogP contribution in [0, 0.1) is 6.92 Å². The van der Waals surface area contributed by atoms with Crippen molar-refractivity contribution in [2.24, 2.45) is 0 Å². The number of hydrogen-bond acceptors (Lipinski definition) is 9. The van der Waals surface area contributed by atoms with E-state index in [1.54, 1.807) is 31.2 Å². The molecule has 0 radical (unpaired) electrons. The van der Waals surface area contributed by atoms with Gasteiger partial charge in [-0.1, -0.05) is 68.4 Å². The third-order valence-corrected chi connectivity index (χ3v) is 13.5. The monoisotopic (exact) mass is 859 g/mol. The molecule has 6 aromatic rings. The number of hydrogen-bond donors (Lipinski definition) is 1. The molecule has 9 nitrogen and oxygen atoms in total. The first-order valence-corrected chi connectivity index (χ1v) is 23.5. The minimum Gasteiger partial charge on any atom is -0.768 e. The SMILES string of the molecule is CCN(CC)c1ccc(C(O)(c2ccc(N(CC)CC)cc2)c2cc(Oc3ccc(C(C)(C)c4ccc(Oc5ccc(C)c(S(=O)[O-])c5)cc4)cc3)ccc2S(C)(=O)=O)cc1. The molecule has 0 bridgehead atoms. The van der Waals surface area contributed by atoms with Crippen molar-refractivity contribution in [1.82, 2.24) is 0 Å². The predicted octanol–water partition coefficient (Wildman–Crippen LogP) is 10.5. The van der Waals surface area contributed by atoms with E-state index in [2.05, 4.69) is 51.3 Å². The Bertz CT molecular complexity index is 2510. The Morgan fingerprint density at radius 1 is 0.590 bits per heavy atom. The molecule has 0 saturated carbocycles. The van der Waals surface area contributed by atoms with Crippen LogP contribution in [0.25, 0.3) is 0 Å². The smallest absolute Gasteiger partial charge is 0.175 e. The number of aryl methyl sites for hydroxylation is 1. The average molecular weight is 860 g/mol. The summed E-state index contributed by atoms with van der Waals surface area (Å²) in [5.74, 6) is 1.92. The highest BCUT2D eigenvalue weighted by Gasteiger charge is 2.38. The summed E-state index contributed by atoms with van der Waals surface area (Å²) >= 11 is -2.36. The van der Waals surface area contributed by atoms with Crippen LogP contribution < -0.4 is 19.3 Å². The summed E-state index contributed by atoms with van der Waals surface area (Å²) in [4.78, 5) is 4.62. The molecule has 0 aliphatic heterocycles. The van der Waals surface area contributed by atoms with Gasteiger partial charge >= 0.3 is 0 Å². The van der Waals surface area contributed by atoms with Crippen LogP contribution in [0.1, 0.15) is 74.9 Å². The van der Waals surface area contributed by atoms with Crippen LogP contribution in [0.5, 0.6) is 23.0 Å². The maximum atomic E-state index is 13.5. The maximum absolute atomic E-state index is 13.5. The molecule has 0 amide bonds. The molecule has 1 N–H and O–H groups in total. The van der Waals surface area contributed by atoms with E-state index in [4.69, 9.17) is 9.47 Å². The second-order valence-electron chi connectivity index (χ2n) is 15.6. The maximum Gasteiger partial charge on any atom is 0.175 e. The Hall–Kier alpha value is -5.46. The van der Waals surface area contributed by atoms with Crippen molar-refractivity contribution in [3.63, 3.8) is 0 Å². The molecule has 1 atom stereocenters. The van der Waals surface area contributed by atoms with Crippen LogP contribution in [0.4, 0.5) is 11.4 Å². The molecule has 0 aliphatic carbocycles. The van der Waals surface area contributed by atoms with Gasteiger partial charge in [0, 0.05) is 59.7 Å². The molecule has 0 saturated heterocycles. The van der Waals surface area contributed by atoms with E-state index in [1.165, 1.54) is 12.1 Å². The fourth-order valence-electron chi connectivity index (χ4n) is 7.80. The number of anilines is 2. The number of nitrogens with zero attached hydrogens (tertiary/aromatic N) is 2. The molecule has 0 fully saturated rings. The Balaban J connectivity index is 1.32. The number of ether oxygens (including phenoxy) is 2. The Labute approximate surface area is 363 Å². The lowest BCUT2D eigenvalue weighted by Crippen LogP contribution is -2.31. The number of aliphatic hydroxyl groups is 1. The summed E-state index contributed by atoms with van der Waals surface area (Å²) in [5.41, 5.74) is 3.67. The van der Waals surface area contributed by atoms with Crippen molar-refractivity contribution in [2.45, 2.75) is 69.3 Å². The van der Waals surface area contributed by atoms with Gasteiger partial charge in [-0.15, -0.1) is 0 Å². The van der Waals surface area contributed by atoms with Crippen molar-refractivity contribution in [1.29, 1.82) is 0 Å². The van der Waals surface area contributed by atoms with Gasteiger partial charge in [0.2, 0.25) is 0 Å². The molecule has 0 heterocycles. The van der Waals surface area contributed by atoms with E-state index in [0.717, 1.165) is 54.9 Å². The van der Waals surface area contributed by atoms with Crippen LogP contribution in [0.3, 0.4) is 0 Å². The molecular weight excluding hydrogens is 805 g/mol. The molecule has 0 spiro atoms. The van der Waals surface area contributed by atoms with E-state index in [0.29, 0.717) is 39.7 Å². The minimum absolute atomic E-state index is 0.000915. The van der Waals surface area contributed by atoms with E-state index in [-0.39, 0.29) is 15.4 Å². The largest absolute Gasteiger partial charge is 0.768 e. The van der Waals surface area contributed by atoms with Crippen LogP contribution in [0.15, 0.2) is 143 Å². The second kappa shape index (κ2) is 18.7. The van der Waals surface area contributed by atoms with Crippen LogP contribution in [-0.4, -0.2) is 54.7 Å². The van der Waals surface area contributed by atoms with Crippen molar-refractivity contribution in [2.75, 3.05) is 42.2 Å².